The first-order valence-corrected chi connectivity index (χ1v) is 5.59. The van der Waals surface area contributed by atoms with Gasteiger partial charge in [0.05, 0.1) is 22.5 Å². The number of rotatable bonds is 1. The van der Waals surface area contributed by atoms with Crippen LogP contribution in [0.2, 0.25) is 0 Å². The molecule has 0 radical (unpaired) electrons. The second-order valence-corrected chi connectivity index (χ2v) is 5.42. The molecule has 4 nitrogen and oxygen atoms in total. The largest absolute Gasteiger partial charge is 0.514 e. The Labute approximate surface area is 97.1 Å². The second kappa shape index (κ2) is 3.34. The molecule has 0 N–H and O–H groups in total. The lowest BCUT2D eigenvalue weighted by Gasteiger charge is -2.32. The Balaban J connectivity index is 2.30. The van der Waals surface area contributed by atoms with Crippen LogP contribution in [-0.2, 0) is 16.4 Å². The van der Waals surface area contributed by atoms with Crippen LogP contribution in [0.5, 0.6) is 0 Å². The normalized spacial score (nSPS) is 22.8. The van der Waals surface area contributed by atoms with Gasteiger partial charge in [0.1, 0.15) is 0 Å². The van der Waals surface area contributed by atoms with Gasteiger partial charge < -0.3 is 9.31 Å². The van der Waals surface area contributed by atoms with Crippen molar-refractivity contribution in [1.82, 2.24) is 9.78 Å². The lowest BCUT2D eigenvalue weighted by Crippen LogP contribution is -2.41. The third kappa shape index (κ3) is 1.68. The molecule has 0 unspecified atom stereocenters. The summed E-state index contributed by atoms with van der Waals surface area (Å²) in [6.45, 7) is 10.2. The quantitative estimate of drug-likeness (QED) is 0.666. The first kappa shape index (κ1) is 11.7. The van der Waals surface area contributed by atoms with Crippen molar-refractivity contribution in [2.75, 3.05) is 0 Å². The summed E-state index contributed by atoms with van der Waals surface area (Å²) in [6, 6.07) is 2.00. The van der Waals surface area contributed by atoms with Crippen molar-refractivity contribution >= 4 is 12.7 Å². The van der Waals surface area contributed by atoms with Crippen molar-refractivity contribution < 1.29 is 9.31 Å². The van der Waals surface area contributed by atoms with Gasteiger partial charge in [0.15, 0.2) is 0 Å². The van der Waals surface area contributed by atoms with Crippen LogP contribution in [0.25, 0.3) is 0 Å². The van der Waals surface area contributed by atoms with Crippen LogP contribution < -0.4 is 5.59 Å². The molecule has 0 aromatic carbocycles. The Morgan fingerprint density at radius 2 is 1.69 bits per heavy atom. The van der Waals surface area contributed by atoms with E-state index in [-0.39, 0.29) is 18.3 Å². The predicted molar refractivity (Wildman–Crippen MR) is 63.7 cm³/mol. The van der Waals surface area contributed by atoms with Crippen LogP contribution >= 0.6 is 0 Å². The first-order valence-electron chi connectivity index (χ1n) is 5.59. The third-order valence-electron chi connectivity index (χ3n) is 3.53. The SMILES string of the molecule is Cc1cc(B2OC(C)(C)C(C)(C)O2)n(C)n1. The molecular formula is C11H19BN2O2. The summed E-state index contributed by atoms with van der Waals surface area (Å²) in [7, 11) is 1.59. The van der Waals surface area contributed by atoms with Crippen molar-refractivity contribution in [3.05, 3.63) is 11.8 Å². The zero-order chi connectivity index (χ0) is 12.1. The van der Waals surface area contributed by atoms with E-state index in [1.807, 2.05) is 24.7 Å². The Hall–Kier alpha value is -0.805. The molecule has 1 fully saturated rings. The maximum absolute atomic E-state index is 5.96. The number of hydrogen-bond acceptors (Lipinski definition) is 3. The van der Waals surface area contributed by atoms with E-state index in [9.17, 15) is 0 Å². The summed E-state index contributed by atoms with van der Waals surface area (Å²) in [5, 5.41) is 4.31. The minimum Gasteiger partial charge on any atom is -0.398 e. The highest BCUT2D eigenvalue weighted by Crippen LogP contribution is 2.36. The monoisotopic (exact) mass is 222 g/mol. The number of nitrogens with zero attached hydrogens (tertiary/aromatic N) is 2. The first-order chi connectivity index (χ1) is 7.23. The summed E-state index contributed by atoms with van der Waals surface area (Å²) >= 11 is 0. The molecule has 2 heterocycles. The van der Waals surface area contributed by atoms with E-state index in [1.54, 1.807) is 0 Å². The van der Waals surface area contributed by atoms with Gasteiger partial charge in [0, 0.05) is 7.05 Å². The highest BCUT2D eigenvalue weighted by Gasteiger charge is 2.52. The van der Waals surface area contributed by atoms with Gasteiger partial charge in [0.2, 0.25) is 0 Å². The summed E-state index contributed by atoms with van der Waals surface area (Å²) in [4.78, 5) is 0. The molecule has 1 aromatic rings. The fourth-order valence-corrected chi connectivity index (χ4v) is 1.82. The van der Waals surface area contributed by atoms with E-state index >= 15 is 0 Å². The Kier molecular flexibility index (Phi) is 2.44. The zero-order valence-corrected chi connectivity index (χ0v) is 10.9. The molecule has 0 atom stereocenters. The van der Waals surface area contributed by atoms with E-state index in [2.05, 4.69) is 32.8 Å². The molecule has 16 heavy (non-hydrogen) atoms. The van der Waals surface area contributed by atoms with E-state index < -0.39 is 0 Å². The molecule has 0 spiro atoms. The van der Waals surface area contributed by atoms with Gasteiger partial charge in [-0.1, -0.05) is 0 Å². The third-order valence-corrected chi connectivity index (χ3v) is 3.53. The fraction of sp³-hybridized carbons (Fsp3) is 0.727. The molecule has 2 rings (SSSR count). The second-order valence-electron chi connectivity index (χ2n) is 5.42. The molecular weight excluding hydrogens is 203 g/mol. The summed E-state index contributed by atoms with van der Waals surface area (Å²) in [5.74, 6) is 0. The van der Waals surface area contributed by atoms with Crippen LogP contribution in [0, 0.1) is 6.92 Å². The van der Waals surface area contributed by atoms with Crippen molar-refractivity contribution in [3.63, 3.8) is 0 Å². The van der Waals surface area contributed by atoms with Crippen LogP contribution in [0.15, 0.2) is 6.07 Å². The highest BCUT2D eigenvalue weighted by atomic mass is 16.7. The van der Waals surface area contributed by atoms with Crippen LogP contribution in [0.3, 0.4) is 0 Å². The Bertz CT molecular complexity index is 396. The number of hydrogen-bond donors (Lipinski definition) is 0. The van der Waals surface area contributed by atoms with Gasteiger partial charge >= 0.3 is 7.12 Å². The molecule has 1 aliphatic heterocycles. The standard InChI is InChI=1S/C11H19BN2O2/c1-8-7-9(14(6)13-8)12-15-10(2,3)11(4,5)16-12/h7H,1-6H3. The molecule has 5 heteroatoms. The van der Waals surface area contributed by atoms with Gasteiger partial charge in [0.25, 0.3) is 0 Å². The molecule has 0 bridgehead atoms. The minimum absolute atomic E-state index is 0.296. The van der Waals surface area contributed by atoms with Crippen molar-refractivity contribution in [3.8, 4) is 0 Å². The van der Waals surface area contributed by atoms with Gasteiger partial charge in [-0.25, -0.2) is 0 Å². The maximum Gasteiger partial charge on any atom is 0.514 e. The lowest BCUT2D eigenvalue weighted by molar-refractivity contribution is 0.00578. The fourth-order valence-electron chi connectivity index (χ4n) is 1.82. The lowest BCUT2D eigenvalue weighted by atomic mass is 9.84. The van der Waals surface area contributed by atoms with Crippen molar-refractivity contribution in [2.24, 2.45) is 7.05 Å². The molecule has 88 valence electrons. The van der Waals surface area contributed by atoms with E-state index in [0.29, 0.717) is 0 Å². The number of aromatic nitrogens is 2. The molecule has 0 aliphatic carbocycles. The number of aryl methyl sites for hydroxylation is 2. The minimum atomic E-state index is -0.323. The van der Waals surface area contributed by atoms with E-state index in [0.717, 1.165) is 11.3 Å². The average molecular weight is 222 g/mol. The van der Waals surface area contributed by atoms with E-state index in [1.165, 1.54) is 0 Å². The molecule has 0 saturated carbocycles. The summed E-state index contributed by atoms with van der Waals surface area (Å²) in [6.07, 6.45) is 0. The van der Waals surface area contributed by atoms with Gasteiger partial charge in [-0.3, -0.25) is 4.68 Å². The van der Waals surface area contributed by atoms with Crippen molar-refractivity contribution in [1.29, 1.82) is 0 Å². The van der Waals surface area contributed by atoms with Crippen LogP contribution in [0.1, 0.15) is 33.4 Å². The summed E-state index contributed by atoms with van der Waals surface area (Å²) in [5.41, 5.74) is 1.36. The van der Waals surface area contributed by atoms with Gasteiger partial charge in [-0.05, 0) is 40.7 Å². The molecule has 1 aliphatic rings. The van der Waals surface area contributed by atoms with Crippen LogP contribution in [0.4, 0.5) is 0 Å². The molecule has 0 amide bonds. The molecule has 1 saturated heterocycles. The maximum atomic E-state index is 5.96. The highest BCUT2D eigenvalue weighted by molar-refractivity contribution is 6.61. The smallest absolute Gasteiger partial charge is 0.398 e. The average Bonchev–Trinajstić information content (AvgIpc) is 2.51. The molecule has 1 aromatic heterocycles. The predicted octanol–water partition coefficient (Wildman–Crippen LogP) is 1.03. The summed E-state index contributed by atoms with van der Waals surface area (Å²) < 4.78 is 13.7. The van der Waals surface area contributed by atoms with Gasteiger partial charge in [-0.2, -0.15) is 5.10 Å². The Morgan fingerprint density at radius 1 is 1.19 bits per heavy atom. The zero-order valence-electron chi connectivity index (χ0n) is 10.9. The van der Waals surface area contributed by atoms with Crippen LogP contribution in [-0.4, -0.2) is 28.1 Å². The van der Waals surface area contributed by atoms with Crippen molar-refractivity contribution in [2.45, 2.75) is 45.8 Å². The topological polar surface area (TPSA) is 36.3 Å². The van der Waals surface area contributed by atoms with Gasteiger partial charge in [-0.15, -0.1) is 0 Å². The Morgan fingerprint density at radius 3 is 2.06 bits per heavy atom. The van der Waals surface area contributed by atoms with E-state index in [4.69, 9.17) is 9.31 Å².